The standard InChI is InChI=1S/C23H17O2.3CO.Co/c24-23-22(19-14-8-3-9-15-19)21(18-12-6-2-7-13-18)20(25-23)16-17-10-4-1-5-11-17;3*1-2;/h1-15H,16H2;;;;. The van der Waals surface area contributed by atoms with Crippen molar-refractivity contribution >= 4 is 11.5 Å². The van der Waals surface area contributed by atoms with E-state index in [4.69, 9.17) is 18.7 Å². The fourth-order valence-electron chi connectivity index (χ4n) is 3.14. The molecule has 0 fully saturated rings. The van der Waals surface area contributed by atoms with Crippen molar-refractivity contribution in [3.8, 4) is 0 Å². The van der Waals surface area contributed by atoms with Gasteiger partial charge in [-0.2, -0.15) is 0 Å². The van der Waals surface area contributed by atoms with Crippen molar-refractivity contribution in [2.24, 2.45) is 0 Å². The van der Waals surface area contributed by atoms with Crippen LogP contribution in [0.2, 0.25) is 0 Å². The molecule has 0 saturated heterocycles. The van der Waals surface area contributed by atoms with Gasteiger partial charge in [0.2, 0.25) is 0 Å². The van der Waals surface area contributed by atoms with Gasteiger partial charge >= 0.3 is 39.9 Å². The summed E-state index contributed by atoms with van der Waals surface area (Å²) in [6, 6.07) is 29.8. The van der Waals surface area contributed by atoms with Gasteiger partial charge in [0, 0.05) is 28.8 Å². The first-order chi connectivity index (χ1) is 15.3. The number of ether oxygens (including phenoxy) is 1. The molecule has 0 saturated carbocycles. The van der Waals surface area contributed by atoms with Gasteiger partial charge in [-0.1, -0.05) is 91.0 Å². The molecule has 0 N–H and O–H groups in total. The number of allylic oxidation sites excluding steroid dienone is 1. The first kappa shape index (κ1) is 28.6. The van der Waals surface area contributed by atoms with Gasteiger partial charge in [0.25, 0.3) is 0 Å². The zero-order valence-electron chi connectivity index (χ0n) is 16.7. The summed E-state index contributed by atoms with van der Waals surface area (Å²) >= 11 is 0. The molecule has 0 aromatic heterocycles. The van der Waals surface area contributed by atoms with Crippen molar-refractivity contribution in [1.82, 2.24) is 0 Å². The van der Waals surface area contributed by atoms with E-state index in [1.54, 1.807) is 0 Å². The van der Waals surface area contributed by atoms with Gasteiger partial charge in [-0.15, -0.1) is 0 Å². The molecule has 1 aliphatic rings. The van der Waals surface area contributed by atoms with Crippen LogP contribution >= 0.6 is 0 Å². The third kappa shape index (κ3) is 7.38. The van der Waals surface area contributed by atoms with Crippen LogP contribution in [0.5, 0.6) is 0 Å². The molecule has 4 rings (SSSR count). The molecule has 0 atom stereocenters. The molecule has 3 aromatic carbocycles. The maximum Gasteiger partial charge on any atom is 0 e. The Labute approximate surface area is 197 Å². The minimum Gasteiger partial charge on any atom is 0 e. The minimum absolute atomic E-state index is 0. The smallest absolute Gasteiger partial charge is 0 e. The van der Waals surface area contributed by atoms with Crippen molar-refractivity contribution < 1.29 is 40.3 Å². The fourth-order valence-corrected chi connectivity index (χ4v) is 3.14. The van der Waals surface area contributed by atoms with Crippen LogP contribution < -0.4 is 0 Å². The molecule has 0 unspecified atom stereocenters. The first-order valence-electron chi connectivity index (χ1n) is 8.91. The Balaban J connectivity index is 0.00000127. The van der Waals surface area contributed by atoms with Crippen LogP contribution in [0, 0.1) is 25.9 Å². The van der Waals surface area contributed by atoms with Gasteiger partial charge in [0.15, 0.2) is 0 Å². The van der Waals surface area contributed by atoms with E-state index in [0.29, 0.717) is 18.1 Å². The molecule has 1 heterocycles. The molecule has 3 aromatic rings. The summed E-state index contributed by atoms with van der Waals surface area (Å²) in [5.41, 5.74) is 3.89. The van der Waals surface area contributed by atoms with Crippen LogP contribution in [0.3, 0.4) is 0 Å². The third-order valence-electron chi connectivity index (χ3n) is 4.28. The van der Waals surface area contributed by atoms with E-state index >= 15 is 0 Å². The summed E-state index contributed by atoms with van der Waals surface area (Å²) in [7, 11) is 0. The van der Waals surface area contributed by atoms with Crippen molar-refractivity contribution in [1.29, 1.82) is 0 Å². The van der Waals surface area contributed by atoms with Crippen LogP contribution in [0.15, 0.2) is 96.8 Å². The van der Waals surface area contributed by atoms with Gasteiger partial charge in [0.05, 0.1) is 0 Å². The summed E-state index contributed by atoms with van der Waals surface area (Å²) in [4.78, 5) is 12.7. The zero-order chi connectivity index (χ0) is 23.1. The molecule has 0 spiro atoms. The normalized spacial score (nSPS) is 11.6. The predicted octanol–water partition coefficient (Wildman–Crippen LogP) is 4.70. The van der Waals surface area contributed by atoms with E-state index in [2.05, 4.69) is 20.0 Å². The molecule has 160 valence electrons. The second kappa shape index (κ2) is 16.3. The van der Waals surface area contributed by atoms with Gasteiger partial charge < -0.3 is 4.74 Å². The first-order valence-corrected chi connectivity index (χ1v) is 8.91. The summed E-state index contributed by atoms with van der Waals surface area (Å²) in [5, 5.41) is 0. The fraction of sp³-hybridized carbons (Fsp3) is 0.0385. The maximum absolute atomic E-state index is 12.7. The Kier molecular flexibility index (Phi) is 14.6. The Morgan fingerprint density at radius 3 is 1.50 bits per heavy atom. The van der Waals surface area contributed by atoms with E-state index in [9.17, 15) is 4.79 Å². The number of cyclic esters (lactones) is 1. The van der Waals surface area contributed by atoms with Crippen molar-refractivity contribution in [2.45, 2.75) is 6.42 Å². The molecule has 0 aliphatic carbocycles. The molecular formula is C26H17CoO5. The Morgan fingerprint density at radius 1 is 0.625 bits per heavy atom. The summed E-state index contributed by atoms with van der Waals surface area (Å²) in [5.74, 6) is 1.06. The van der Waals surface area contributed by atoms with Crippen LogP contribution in [0.4, 0.5) is 0 Å². The molecule has 1 aliphatic heterocycles. The van der Waals surface area contributed by atoms with Crippen LogP contribution in [-0.2, 0) is 46.7 Å². The minimum atomic E-state index is -0.281. The van der Waals surface area contributed by atoms with Gasteiger partial charge in [-0.25, -0.2) is 0 Å². The van der Waals surface area contributed by atoms with E-state index in [0.717, 1.165) is 22.3 Å². The molecule has 0 bridgehead atoms. The van der Waals surface area contributed by atoms with E-state index < -0.39 is 0 Å². The SMILES string of the molecule is O=C1OC(Cc2ccccc2)=C(c2ccccc2)[C]1c1ccccc1.[C-]#[O+].[C-]#[O+].[C-]#[O+].[Co]. The second-order valence-electron chi connectivity index (χ2n) is 5.96. The number of hydrogen-bond donors (Lipinski definition) is 0. The van der Waals surface area contributed by atoms with Crippen LogP contribution in [0.25, 0.3) is 5.57 Å². The zero-order valence-corrected chi connectivity index (χ0v) is 17.8. The van der Waals surface area contributed by atoms with E-state index in [1.165, 1.54) is 0 Å². The van der Waals surface area contributed by atoms with E-state index in [-0.39, 0.29) is 22.7 Å². The predicted molar refractivity (Wildman–Crippen MR) is 110 cm³/mol. The summed E-state index contributed by atoms with van der Waals surface area (Å²) < 4.78 is 28.2. The number of hydrogen-bond acceptors (Lipinski definition) is 2. The van der Waals surface area contributed by atoms with Crippen molar-refractivity contribution in [2.75, 3.05) is 0 Å². The molecule has 32 heavy (non-hydrogen) atoms. The Morgan fingerprint density at radius 2 is 1.03 bits per heavy atom. The second-order valence-corrected chi connectivity index (χ2v) is 5.96. The summed E-state index contributed by atoms with van der Waals surface area (Å²) in [6.45, 7) is 13.5. The van der Waals surface area contributed by atoms with Crippen molar-refractivity contribution in [3.05, 3.63) is 139 Å². The number of carbonyl (C=O) groups excluding carboxylic acids is 1. The average Bonchev–Trinajstić information content (AvgIpc) is 3.20. The molecule has 5 nitrogen and oxygen atoms in total. The molecule has 6 heteroatoms. The monoisotopic (exact) mass is 468 g/mol. The number of esters is 1. The maximum atomic E-state index is 12.7. The number of benzene rings is 3. The van der Waals surface area contributed by atoms with Crippen LogP contribution in [0.1, 0.15) is 16.7 Å². The average molecular weight is 468 g/mol. The molecular weight excluding hydrogens is 451 g/mol. The quantitative estimate of drug-likeness (QED) is 0.316. The molecule has 0 amide bonds. The van der Waals surface area contributed by atoms with Gasteiger partial charge in [0.1, 0.15) is 11.7 Å². The molecule has 2 radical (unpaired) electrons. The van der Waals surface area contributed by atoms with Crippen molar-refractivity contribution in [3.63, 3.8) is 0 Å². The topological polar surface area (TPSA) is 86.0 Å². The van der Waals surface area contributed by atoms with E-state index in [1.807, 2.05) is 91.0 Å². The largest absolute Gasteiger partial charge is 0 e. The van der Waals surface area contributed by atoms with Gasteiger partial charge in [-0.3, -0.25) is 4.79 Å². The third-order valence-corrected chi connectivity index (χ3v) is 4.28. The Hall–Kier alpha value is -3.40. The Bertz CT molecular complexity index is 1020. The van der Waals surface area contributed by atoms with Crippen LogP contribution in [-0.4, -0.2) is 5.97 Å². The number of carbonyl (C=O) groups is 1. The van der Waals surface area contributed by atoms with Gasteiger partial charge in [-0.05, 0) is 16.7 Å². The summed E-state index contributed by atoms with van der Waals surface area (Å²) in [6.07, 6.45) is 0.590. The number of rotatable bonds is 4.